The first-order valence-corrected chi connectivity index (χ1v) is 10.9. The Morgan fingerprint density at radius 1 is 1.06 bits per heavy atom. The van der Waals surface area contributed by atoms with Crippen LogP contribution in [0.25, 0.3) is 11.0 Å². The van der Waals surface area contributed by atoms with Gasteiger partial charge in [-0.25, -0.2) is 9.97 Å². The summed E-state index contributed by atoms with van der Waals surface area (Å²) in [6, 6.07) is 2.44. The summed E-state index contributed by atoms with van der Waals surface area (Å²) in [5, 5.41) is 6.04. The Labute approximate surface area is 200 Å². The minimum absolute atomic E-state index is 0.0320. The zero-order valence-corrected chi connectivity index (χ0v) is 18.4. The Morgan fingerprint density at radius 3 is 2.53 bits per heavy atom. The molecule has 5 rings (SSSR count). The number of aromatic amines is 1. The molecule has 0 atom stereocenters. The van der Waals surface area contributed by atoms with Crippen LogP contribution in [-0.2, 0) is 9.53 Å². The van der Waals surface area contributed by atoms with Gasteiger partial charge in [0, 0.05) is 17.5 Å². The second kappa shape index (κ2) is 8.47. The molecule has 3 aromatic rings. The third-order valence-corrected chi connectivity index (χ3v) is 5.53. The quantitative estimate of drug-likeness (QED) is 0.410. The predicted octanol–water partition coefficient (Wildman–Crippen LogP) is 4.67. The van der Waals surface area contributed by atoms with Crippen molar-refractivity contribution < 1.29 is 45.8 Å². The van der Waals surface area contributed by atoms with E-state index >= 15 is 0 Å². The molecular weight excluding hydrogens is 517 g/mol. The Balaban J connectivity index is 1.25. The number of carbonyl (C=O) groups is 2. The highest BCUT2D eigenvalue weighted by molar-refractivity contribution is 7.14. The number of H-pyrrole nitrogens is 1. The maximum absolute atomic E-state index is 13.2. The van der Waals surface area contributed by atoms with Crippen LogP contribution in [0.4, 0.5) is 33.0 Å². The van der Waals surface area contributed by atoms with Crippen LogP contribution in [0, 0.1) is 0 Å². The summed E-state index contributed by atoms with van der Waals surface area (Å²) in [5.74, 6) is -2.68. The van der Waals surface area contributed by atoms with Gasteiger partial charge in [-0.3, -0.25) is 20.2 Å². The van der Waals surface area contributed by atoms with E-state index in [4.69, 9.17) is 0 Å². The number of imidazole rings is 1. The van der Waals surface area contributed by atoms with Crippen LogP contribution in [0.3, 0.4) is 0 Å². The molecule has 0 unspecified atom stereocenters. The average Bonchev–Trinajstić information content (AvgIpc) is 3.46. The number of halogens is 5. The normalized spacial score (nSPS) is 16.4. The number of hydrogen-bond acceptors (Lipinski definition) is 8. The van der Waals surface area contributed by atoms with Crippen molar-refractivity contribution in [1.29, 1.82) is 0 Å². The number of ether oxygens (including phenoxy) is 3. The number of alkyl halides is 5. The molecule has 0 fully saturated rings. The highest BCUT2D eigenvalue weighted by atomic mass is 32.1. The lowest BCUT2D eigenvalue weighted by molar-refractivity contribution is -0.304. The number of fused-ring (bicyclic) bond motifs is 2. The molecule has 1 aromatic carbocycles. The molecule has 0 bridgehead atoms. The van der Waals surface area contributed by atoms with E-state index in [1.165, 1.54) is 23.6 Å². The van der Waals surface area contributed by atoms with Gasteiger partial charge in [-0.2, -0.15) is 0 Å². The Kier molecular flexibility index (Phi) is 5.54. The maximum atomic E-state index is 13.2. The van der Waals surface area contributed by atoms with Crippen LogP contribution in [0.1, 0.15) is 23.3 Å². The smallest absolute Gasteiger partial charge is 0.405 e. The molecule has 10 nitrogen and oxygen atoms in total. The molecule has 0 radical (unpaired) electrons. The first kappa shape index (κ1) is 23.5. The van der Waals surface area contributed by atoms with Gasteiger partial charge in [0.05, 0.1) is 16.6 Å². The second-order valence-corrected chi connectivity index (χ2v) is 8.18. The SMILES string of the molecule is O=C(Nc1nc(C(=O)Nc2nc3cc4c(cc3[nH]2)OC(F)(F)O4)cs1)C1=CCCC=C1OC(F)(F)F. The van der Waals surface area contributed by atoms with E-state index in [2.05, 4.69) is 39.8 Å². The van der Waals surface area contributed by atoms with Crippen molar-refractivity contribution in [1.82, 2.24) is 15.0 Å². The summed E-state index contributed by atoms with van der Waals surface area (Å²) in [6.07, 6.45) is -5.65. The molecule has 3 heterocycles. The van der Waals surface area contributed by atoms with Gasteiger partial charge in [-0.1, -0.05) is 6.08 Å². The Hall–Kier alpha value is -4.21. The third kappa shape index (κ3) is 4.93. The molecule has 3 N–H and O–H groups in total. The number of nitrogens with one attached hydrogen (secondary N) is 3. The fraction of sp³-hybridized carbons (Fsp3) is 0.200. The zero-order valence-electron chi connectivity index (χ0n) is 17.5. The van der Waals surface area contributed by atoms with Crippen molar-refractivity contribution in [2.75, 3.05) is 10.6 Å². The van der Waals surface area contributed by atoms with Crippen LogP contribution in [0.2, 0.25) is 0 Å². The molecule has 0 spiro atoms. The first-order valence-electron chi connectivity index (χ1n) is 10.00. The molecule has 1 aliphatic carbocycles. The topological polar surface area (TPSA) is 127 Å². The average molecular weight is 529 g/mol. The number of aromatic nitrogens is 3. The van der Waals surface area contributed by atoms with E-state index in [1.54, 1.807) is 0 Å². The molecule has 188 valence electrons. The van der Waals surface area contributed by atoms with E-state index < -0.39 is 30.2 Å². The lowest BCUT2D eigenvalue weighted by Crippen LogP contribution is -2.25. The molecule has 1 aliphatic heterocycles. The van der Waals surface area contributed by atoms with E-state index in [-0.39, 0.29) is 51.3 Å². The van der Waals surface area contributed by atoms with Crippen molar-refractivity contribution in [3.8, 4) is 11.5 Å². The third-order valence-electron chi connectivity index (χ3n) is 4.77. The minimum atomic E-state index is -4.96. The fourth-order valence-electron chi connectivity index (χ4n) is 3.36. The number of rotatable bonds is 5. The van der Waals surface area contributed by atoms with Gasteiger partial charge < -0.3 is 19.2 Å². The molecule has 2 aliphatic rings. The van der Waals surface area contributed by atoms with Crippen LogP contribution in [0.15, 0.2) is 41.0 Å². The van der Waals surface area contributed by atoms with Crippen LogP contribution in [0.5, 0.6) is 11.5 Å². The fourth-order valence-corrected chi connectivity index (χ4v) is 4.05. The van der Waals surface area contributed by atoms with Crippen LogP contribution >= 0.6 is 11.3 Å². The number of thiazole rings is 1. The van der Waals surface area contributed by atoms with Crippen molar-refractivity contribution in [2.24, 2.45) is 0 Å². The van der Waals surface area contributed by atoms with Gasteiger partial charge in [0.25, 0.3) is 11.8 Å². The monoisotopic (exact) mass is 529 g/mol. The Morgan fingerprint density at radius 2 is 1.78 bits per heavy atom. The standard InChI is InChI=1S/C20H12F5N5O5S/c21-19(22,23)33-12-4-2-1-3-8(12)15(31)30-18-28-11(7-36-18)16(32)29-17-26-9-5-13-14(6-10(9)27-17)35-20(24,25)34-13/h3-7H,1-2H2,(H,28,30,31)(H2,26,27,29,32). The first-order chi connectivity index (χ1) is 17.0. The van der Waals surface area contributed by atoms with Crippen molar-refractivity contribution in [2.45, 2.75) is 25.5 Å². The van der Waals surface area contributed by atoms with Crippen molar-refractivity contribution in [3.63, 3.8) is 0 Å². The van der Waals surface area contributed by atoms with Gasteiger partial charge >= 0.3 is 12.7 Å². The predicted molar refractivity (Wildman–Crippen MR) is 114 cm³/mol. The second-order valence-electron chi connectivity index (χ2n) is 7.33. The molecule has 2 amide bonds. The van der Waals surface area contributed by atoms with Crippen LogP contribution in [-0.4, -0.2) is 39.4 Å². The summed E-state index contributed by atoms with van der Waals surface area (Å²) < 4.78 is 76.8. The molecule has 36 heavy (non-hydrogen) atoms. The molecule has 16 heteroatoms. The van der Waals surface area contributed by atoms with Crippen LogP contribution < -0.4 is 20.1 Å². The van der Waals surface area contributed by atoms with E-state index in [1.807, 2.05) is 0 Å². The van der Waals surface area contributed by atoms with Crippen molar-refractivity contribution >= 4 is 45.3 Å². The summed E-state index contributed by atoms with van der Waals surface area (Å²) in [4.78, 5) is 35.8. The number of anilines is 2. The highest BCUT2D eigenvalue weighted by Gasteiger charge is 2.43. The minimum Gasteiger partial charge on any atom is -0.405 e. The van der Waals surface area contributed by atoms with Gasteiger partial charge in [0.1, 0.15) is 11.5 Å². The summed E-state index contributed by atoms with van der Waals surface area (Å²) >= 11 is 0.866. The zero-order chi connectivity index (χ0) is 25.7. The number of amides is 2. The van der Waals surface area contributed by atoms with E-state index in [0.717, 1.165) is 17.4 Å². The summed E-state index contributed by atoms with van der Waals surface area (Å²) in [6.45, 7) is 0. The van der Waals surface area contributed by atoms with Gasteiger partial charge in [-0.05, 0) is 18.9 Å². The molecule has 0 saturated heterocycles. The maximum Gasteiger partial charge on any atom is 0.586 e. The number of hydrogen-bond donors (Lipinski definition) is 3. The van der Waals surface area contributed by atoms with Crippen molar-refractivity contribution in [3.05, 3.63) is 46.7 Å². The Bertz CT molecular complexity index is 1400. The largest absolute Gasteiger partial charge is 0.586 e. The van der Waals surface area contributed by atoms with Gasteiger partial charge in [0.15, 0.2) is 16.6 Å². The molecule has 0 saturated carbocycles. The number of carbonyl (C=O) groups excluding carboxylic acids is 2. The lowest BCUT2D eigenvalue weighted by atomic mass is 10.0. The number of allylic oxidation sites excluding steroid dienone is 2. The summed E-state index contributed by atoms with van der Waals surface area (Å²) in [5.41, 5.74) is 0.0636. The lowest BCUT2D eigenvalue weighted by Gasteiger charge is -2.17. The van der Waals surface area contributed by atoms with Gasteiger partial charge in [0.2, 0.25) is 5.95 Å². The number of benzene rings is 1. The van der Waals surface area contributed by atoms with E-state index in [0.29, 0.717) is 6.42 Å². The highest BCUT2D eigenvalue weighted by Crippen LogP contribution is 2.43. The van der Waals surface area contributed by atoms with Gasteiger partial charge in [-0.15, -0.1) is 33.3 Å². The molecule has 2 aromatic heterocycles. The van der Waals surface area contributed by atoms with E-state index in [9.17, 15) is 31.5 Å². The summed E-state index contributed by atoms with van der Waals surface area (Å²) in [7, 11) is 0. The molecular formula is C20H12F5N5O5S. The number of nitrogens with zero attached hydrogens (tertiary/aromatic N) is 2.